The Hall–Kier alpha value is -2.28. The summed E-state index contributed by atoms with van der Waals surface area (Å²) in [5, 5.41) is 2.41. The van der Waals surface area contributed by atoms with E-state index in [9.17, 15) is 18.0 Å². The van der Waals surface area contributed by atoms with Gasteiger partial charge in [0.15, 0.2) is 0 Å². The van der Waals surface area contributed by atoms with Gasteiger partial charge in [0.2, 0.25) is 5.91 Å². The number of hydrazine groups is 1. The molecule has 7 heteroatoms. The maximum atomic E-state index is 14.0. The molecule has 0 aliphatic carbocycles. The number of carbonyl (C=O) groups excluding carboxylic acids is 1. The summed E-state index contributed by atoms with van der Waals surface area (Å²) in [6.07, 6.45) is -3.81. The van der Waals surface area contributed by atoms with Crippen LogP contribution in [0.25, 0.3) is 10.8 Å². The lowest BCUT2D eigenvalue weighted by Crippen LogP contribution is -2.43. The Morgan fingerprint density at radius 2 is 1.96 bits per heavy atom. The van der Waals surface area contributed by atoms with Crippen molar-refractivity contribution in [3.8, 4) is 5.75 Å². The second-order valence-corrected chi connectivity index (χ2v) is 7.49. The second kappa shape index (κ2) is 7.03. The van der Waals surface area contributed by atoms with E-state index in [1.54, 1.807) is 26.0 Å². The molecule has 1 N–H and O–H groups in total. The molecule has 0 aromatic heterocycles. The first-order valence-corrected chi connectivity index (χ1v) is 8.93. The number of ether oxygens (including phenoxy) is 1. The molecule has 1 aliphatic rings. The Morgan fingerprint density at radius 1 is 1.26 bits per heavy atom. The molecule has 1 saturated heterocycles. The highest BCUT2D eigenvalue weighted by Gasteiger charge is 2.51. The van der Waals surface area contributed by atoms with Crippen molar-refractivity contribution in [2.24, 2.45) is 5.41 Å². The van der Waals surface area contributed by atoms with Crippen LogP contribution in [-0.4, -0.2) is 30.2 Å². The summed E-state index contributed by atoms with van der Waals surface area (Å²) in [5.74, 6) is 0.00368. The number of nitrogens with zero attached hydrogens (tertiary/aromatic N) is 1. The van der Waals surface area contributed by atoms with Gasteiger partial charge in [-0.2, -0.15) is 13.2 Å². The average Bonchev–Trinajstić information content (AvgIpc) is 2.84. The van der Waals surface area contributed by atoms with Gasteiger partial charge in [-0.1, -0.05) is 31.2 Å². The highest BCUT2D eigenvalue weighted by molar-refractivity contribution is 5.89. The van der Waals surface area contributed by atoms with Crippen molar-refractivity contribution in [1.82, 2.24) is 10.4 Å². The first-order valence-electron chi connectivity index (χ1n) is 8.93. The van der Waals surface area contributed by atoms with Gasteiger partial charge in [-0.05, 0) is 43.4 Å². The van der Waals surface area contributed by atoms with E-state index < -0.39 is 23.5 Å². The molecule has 1 atom stereocenters. The molecule has 1 fully saturated rings. The summed E-state index contributed by atoms with van der Waals surface area (Å²) in [6, 6.07) is 8.20. The molecule has 27 heavy (non-hydrogen) atoms. The number of amides is 1. The van der Waals surface area contributed by atoms with Gasteiger partial charge in [0, 0.05) is 11.9 Å². The Labute approximate surface area is 156 Å². The second-order valence-electron chi connectivity index (χ2n) is 7.49. The maximum absolute atomic E-state index is 14.0. The number of halogens is 3. The summed E-state index contributed by atoms with van der Waals surface area (Å²) in [5.41, 5.74) is 1.55. The standard InChI is InChI=1S/C20H23F3N2O2/c1-4-9-27-16-11-14(10-13-7-5-6-8-15(13)16)17(20(21,22)23)25-12-19(2,3)18(26)24-25/h5-8,10-11,17H,4,9,12H2,1-3H3,(H,24,26)/t17-/m0/s1. The van der Waals surface area contributed by atoms with Crippen molar-refractivity contribution in [3.63, 3.8) is 0 Å². The molecule has 2 aromatic carbocycles. The Balaban J connectivity index is 2.10. The largest absolute Gasteiger partial charge is 0.493 e. The van der Waals surface area contributed by atoms with Crippen molar-refractivity contribution in [2.45, 2.75) is 39.4 Å². The first-order chi connectivity index (χ1) is 12.6. The molecule has 2 aromatic rings. The number of benzene rings is 2. The average molecular weight is 380 g/mol. The summed E-state index contributed by atoms with van der Waals surface area (Å²) < 4.78 is 47.7. The van der Waals surface area contributed by atoms with Crippen molar-refractivity contribution in [3.05, 3.63) is 42.0 Å². The summed E-state index contributed by atoms with van der Waals surface area (Å²) in [4.78, 5) is 12.0. The quantitative estimate of drug-likeness (QED) is 0.824. The fourth-order valence-electron chi connectivity index (χ4n) is 3.31. The zero-order chi connectivity index (χ0) is 19.8. The van der Waals surface area contributed by atoms with Crippen LogP contribution in [0.4, 0.5) is 13.2 Å². The van der Waals surface area contributed by atoms with Crippen LogP contribution in [0.3, 0.4) is 0 Å². The van der Waals surface area contributed by atoms with Gasteiger partial charge in [0.05, 0.1) is 12.0 Å². The van der Waals surface area contributed by atoms with Gasteiger partial charge in [-0.15, -0.1) is 0 Å². The van der Waals surface area contributed by atoms with Gasteiger partial charge >= 0.3 is 6.18 Å². The number of hydrogen-bond donors (Lipinski definition) is 1. The van der Waals surface area contributed by atoms with Gasteiger partial charge in [0.1, 0.15) is 11.8 Å². The number of fused-ring (bicyclic) bond motifs is 1. The molecular weight excluding hydrogens is 357 g/mol. The third-order valence-corrected chi connectivity index (χ3v) is 4.67. The minimum absolute atomic E-state index is 0.0337. The number of rotatable bonds is 5. The molecule has 1 amide bonds. The van der Waals surface area contributed by atoms with Crippen LogP contribution in [0.5, 0.6) is 5.75 Å². The van der Waals surface area contributed by atoms with Crippen molar-refractivity contribution < 1.29 is 22.7 Å². The van der Waals surface area contributed by atoms with Crippen LogP contribution >= 0.6 is 0 Å². The third-order valence-electron chi connectivity index (χ3n) is 4.67. The number of hydrogen-bond acceptors (Lipinski definition) is 3. The number of alkyl halides is 3. The monoisotopic (exact) mass is 380 g/mol. The fraction of sp³-hybridized carbons (Fsp3) is 0.450. The molecule has 146 valence electrons. The number of nitrogens with one attached hydrogen (secondary N) is 1. The summed E-state index contributed by atoms with van der Waals surface area (Å²) in [6.45, 7) is 5.58. The zero-order valence-electron chi connectivity index (χ0n) is 15.6. The van der Waals surface area contributed by atoms with Gasteiger partial charge in [0.25, 0.3) is 0 Å². The summed E-state index contributed by atoms with van der Waals surface area (Å²) in [7, 11) is 0. The molecule has 1 aliphatic heterocycles. The van der Waals surface area contributed by atoms with Crippen LogP contribution in [0.1, 0.15) is 38.8 Å². The first kappa shape index (κ1) is 19.5. The minimum atomic E-state index is -4.56. The van der Waals surface area contributed by atoms with E-state index in [-0.39, 0.29) is 12.1 Å². The molecule has 1 heterocycles. The van der Waals surface area contributed by atoms with Gasteiger partial charge < -0.3 is 4.74 Å². The third kappa shape index (κ3) is 3.88. The van der Waals surface area contributed by atoms with Crippen LogP contribution in [0, 0.1) is 5.41 Å². The molecule has 0 bridgehead atoms. The lowest BCUT2D eigenvalue weighted by molar-refractivity contribution is -0.191. The normalized spacial score (nSPS) is 18.5. The molecular formula is C20H23F3N2O2. The topological polar surface area (TPSA) is 41.6 Å². The Kier molecular flexibility index (Phi) is 5.08. The SMILES string of the molecule is CCCOc1cc([C@H](N2CC(C)(C)C(=O)N2)C(F)(F)F)cc2ccccc12. The minimum Gasteiger partial charge on any atom is -0.493 e. The van der Waals surface area contributed by atoms with E-state index in [1.807, 2.05) is 19.1 Å². The van der Waals surface area contributed by atoms with E-state index >= 15 is 0 Å². The molecule has 0 unspecified atom stereocenters. The smallest absolute Gasteiger partial charge is 0.409 e. The highest BCUT2D eigenvalue weighted by atomic mass is 19.4. The Morgan fingerprint density at radius 3 is 2.56 bits per heavy atom. The molecule has 0 spiro atoms. The van der Waals surface area contributed by atoms with E-state index in [1.165, 1.54) is 12.1 Å². The van der Waals surface area contributed by atoms with Gasteiger partial charge in [-0.3, -0.25) is 10.2 Å². The lowest BCUT2D eigenvalue weighted by atomic mass is 9.93. The van der Waals surface area contributed by atoms with Crippen LogP contribution in [0.2, 0.25) is 0 Å². The van der Waals surface area contributed by atoms with Crippen molar-refractivity contribution >= 4 is 16.7 Å². The van der Waals surface area contributed by atoms with E-state index in [0.717, 1.165) is 16.8 Å². The van der Waals surface area contributed by atoms with Crippen molar-refractivity contribution in [1.29, 1.82) is 0 Å². The van der Waals surface area contributed by atoms with E-state index in [2.05, 4.69) is 5.43 Å². The number of carbonyl (C=O) groups is 1. The zero-order valence-corrected chi connectivity index (χ0v) is 15.6. The van der Waals surface area contributed by atoms with Crippen molar-refractivity contribution in [2.75, 3.05) is 13.2 Å². The predicted octanol–water partition coefficient (Wildman–Crippen LogP) is 4.61. The van der Waals surface area contributed by atoms with Gasteiger partial charge in [-0.25, -0.2) is 5.01 Å². The van der Waals surface area contributed by atoms with Crippen LogP contribution in [0.15, 0.2) is 36.4 Å². The lowest BCUT2D eigenvalue weighted by Gasteiger charge is -2.30. The van der Waals surface area contributed by atoms with Crippen LogP contribution < -0.4 is 10.2 Å². The van der Waals surface area contributed by atoms with Crippen LogP contribution in [-0.2, 0) is 4.79 Å². The molecule has 0 radical (unpaired) electrons. The Bertz CT molecular complexity index is 849. The fourth-order valence-corrected chi connectivity index (χ4v) is 3.31. The predicted molar refractivity (Wildman–Crippen MR) is 97.2 cm³/mol. The molecule has 3 rings (SSSR count). The highest BCUT2D eigenvalue weighted by Crippen LogP contribution is 2.42. The molecule has 0 saturated carbocycles. The summed E-state index contributed by atoms with van der Waals surface area (Å²) >= 11 is 0. The van der Waals surface area contributed by atoms with E-state index in [0.29, 0.717) is 17.7 Å². The molecule has 4 nitrogen and oxygen atoms in total. The maximum Gasteiger partial charge on any atom is 0.409 e. The van der Waals surface area contributed by atoms with E-state index in [4.69, 9.17) is 4.74 Å².